The normalized spacial score (nSPS) is 9.56. The van der Waals surface area contributed by atoms with Crippen LogP contribution in [0.5, 0.6) is 0 Å². The van der Waals surface area contributed by atoms with E-state index in [4.69, 9.17) is 6.42 Å². The molecule has 0 spiro atoms. The molecule has 0 unspecified atom stereocenters. The summed E-state index contributed by atoms with van der Waals surface area (Å²) in [7, 11) is 0. The molecule has 0 fully saturated rings. The average Bonchev–Trinajstić information content (AvgIpc) is 2.42. The van der Waals surface area contributed by atoms with Gasteiger partial charge in [0.15, 0.2) is 0 Å². The highest BCUT2D eigenvalue weighted by Crippen LogP contribution is 1.99. The van der Waals surface area contributed by atoms with Gasteiger partial charge in [0.05, 0.1) is 6.54 Å². The predicted octanol–water partition coefficient (Wildman–Crippen LogP) is 1.68. The molecule has 0 aliphatic heterocycles. The first-order chi connectivity index (χ1) is 8.77. The lowest BCUT2D eigenvalue weighted by atomic mass is 10.2. The van der Waals surface area contributed by atoms with Gasteiger partial charge < -0.3 is 10.2 Å². The predicted molar refractivity (Wildman–Crippen MR) is 72.0 cm³/mol. The molecule has 1 N–H and O–H groups in total. The van der Waals surface area contributed by atoms with Crippen LogP contribution in [0, 0.1) is 12.3 Å². The molecule has 0 saturated carbocycles. The number of carbonyl (C=O) groups excluding carboxylic acids is 1. The second kappa shape index (κ2) is 8.13. The standard InChI is InChI=1S/C14H19N3O/c1-3-9-16-14(18)17(11-4-2)12-8-13-7-5-6-10-15-13/h1,5-7,10H,4,8-9,11-12H2,2H3,(H,16,18). The van der Waals surface area contributed by atoms with Crippen LogP contribution in [0.15, 0.2) is 24.4 Å². The summed E-state index contributed by atoms with van der Waals surface area (Å²) >= 11 is 0. The van der Waals surface area contributed by atoms with Crippen LogP contribution in [-0.2, 0) is 6.42 Å². The van der Waals surface area contributed by atoms with E-state index in [1.165, 1.54) is 0 Å². The second-order valence-corrected chi connectivity index (χ2v) is 3.92. The summed E-state index contributed by atoms with van der Waals surface area (Å²) in [5.74, 6) is 2.40. The molecule has 1 rings (SSSR count). The number of hydrogen-bond donors (Lipinski definition) is 1. The quantitative estimate of drug-likeness (QED) is 0.775. The fourth-order valence-electron chi connectivity index (χ4n) is 1.62. The smallest absolute Gasteiger partial charge is 0.318 e. The van der Waals surface area contributed by atoms with Crippen molar-refractivity contribution < 1.29 is 4.79 Å². The topological polar surface area (TPSA) is 45.2 Å². The lowest BCUT2D eigenvalue weighted by Gasteiger charge is -2.21. The monoisotopic (exact) mass is 245 g/mol. The number of urea groups is 1. The first-order valence-corrected chi connectivity index (χ1v) is 6.14. The number of aromatic nitrogens is 1. The lowest BCUT2D eigenvalue weighted by molar-refractivity contribution is 0.199. The Bertz CT molecular complexity index is 397. The van der Waals surface area contributed by atoms with Gasteiger partial charge in [-0.2, -0.15) is 0 Å². The van der Waals surface area contributed by atoms with Crippen LogP contribution >= 0.6 is 0 Å². The zero-order valence-corrected chi connectivity index (χ0v) is 10.7. The number of nitrogens with one attached hydrogen (secondary N) is 1. The van der Waals surface area contributed by atoms with E-state index >= 15 is 0 Å². The molecular weight excluding hydrogens is 226 g/mol. The number of terminal acetylenes is 1. The molecule has 1 aromatic heterocycles. The van der Waals surface area contributed by atoms with Crippen molar-refractivity contribution in [3.05, 3.63) is 30.1 Å². The van der Waals surface area contributed by atoms with Gasteiger partial charge in [-0.15, -0.1) is 6.42 Å². The highest BCUT2D eigenvalue weighted by atomic mass is 16.2. The molecule has 0 radical (unpaired) electrons. The summed E-state index contributed by atoms with van der Waals surface area (Å²) in [4.78, 5) is 17.8. The zero-order chi connectivity index (χ0) is 13.2. The molecule has 1 heterocycles. The van der Waals surface area contributed by atoms with Gasteiger partial charge in [0.25, 0.3) is 0 Å². The van der Waals surface area contributed by atoms with Gasteiger partial charge in [-0.25, -0.2) is 4.79 Å². The van der Waals surface area contributed by atoms with Gasteiger partial charge in [-0.05, 0) is 18.6 Å². The number of carbonyl (C=O) groups is 1. The van der Waals surface area contributed by atoms with Gasteiger partial charge in [0, 0.05) is 31.4 Å². The second-order valence-electron chi connectivity index (χ2n) is 3.92. The molecule has 0 saturated heterocycles. The number of amides is 2. The molecular formula is C14H19N3O. The summed E-state index contributed by atoms with van der Waals surface area (Å²) < 4.78 is 0. The lowest BCUT2D eigenvalue weighted by Crippen LogP contribution is -2.41. The molecule has 0 bridgehead atoms. The van der Waals surface area contributed by atoms with E-state index in [-0.39, 0.29) is 12.6 Å². The highest BCUT2D eigenvalue weighted by molar-refractivity contribution is 5.74. The molecule has 0 aliphatic carbocycles. The Hall–Kier alpha value is -2.02. The largest absolute Gasteiger partial charge is 0.327 e. The van der Waals surface area contributed by atoms with Crippen LogP contribution < -0.4 is 5.32 Å². The van der Waals surface area contributed by atoms with Crippen molar-refractivity contribution in [3.8, 4) is 12.3 Å². The van der Waals surface area contributed by atoms with Gasteiger partial charge in [0.1, 0.15) is 0 Å². The molecule has 1 aromatic rings. The minimum absolute atomic E-state index is 0.106. The van der Waals surface area contributed by atoms with Crippen molar-refractivity contribution in [2.75, 3.05) is 19.6 Å². The van der Waals surface area contributed by atoms with Crippen molar-refractivity contribution in [2.24, 2.45) is 0 Å². The van der Waals surface area contributed by atoms with E-state index in [2.05, 4.69) is 16.2 Å². The summed E-state index contributed by atoms with van der Waals surface area (Å²) in [6, 6.07) is 5.69. The van der Waals surface area contributed by atoms with Crippen LogP contribution in [0.4, 0.5) is 4.79 Å². The van der Waals surface area contributed by atoms with Gasteiger partial charge in [-0.3, -0.25) is 4.98 Å². The van der Waals surface area contributed by atoms with Gasteiger partial charge in [-0.1, -0.05) is 18.9 Å². The van der Waals surface area contributed by atoms with Gasteiger partial charge >= 0.3 is 6.03 Å². The third-order valence-electron chi connectivity index (χ3n) is 2.49. The molecule has 18 heavy (non-hydrogen) atoms. The van der Waals surface area contributed by atoms with Crippen LogP contribution in [-0.4, -0.2) is 35.5 Å². The van der Waals surface area contributed by atoms with E-state index in [9.17, 15) is 4.79 Å². The van der Waals surface area contributed by atoms with Crippen LogP contribution in [0.1, 0.15) is 19.0 Å². The number of rotatable bonds is 6. The van der Waals surface area contributed by atoms with Crippen molar-refractivity contribution in [3.63, 3.8) is 0 Å². The maximum atomic E-state index is 11.8. The van der Waals surface area contributed by atoms with E-state index in [1.54, 1.807) is 11.1 Å². The van der Waals surface area contributed by atoms with E-state index < -0.39 is 0 Å². The van der Waals surface area contributed by atoms with Crippen molar-refractivity contribution in [1.29, 1.82) is 0 Å². The fourth-order valence-corrected chi connectivity index (χ4v) is 1.62. The molecule has 4 nitrogen and oxygen atoms in total. The van der Waals surface area contributed by atoms with Crippen molar-refractivity contribution >= 4 is 6.03 Å². The zero-order valence-electron chi connectivity index (χ0n) is 10.7. The summed E-state index contributed by atoms with van der Waals surface area (Å²) in [6.07, 6.45) is 8.56. The van der Waals surface area contributed by atoms with E-state index in [0.29, 0.717) is 6.54 Å². The molecule has 96 valence electrons. The average molecular weight is 245 g/mol. The molecule has 0 atom stereocenters. The van der Waals surface area contributed by atoms with E-state index in [1.807, 2.05) is 25.1 Å². The Morgan fingerprint density at radius 3 is 2.94 bits per heavy atom. The van der Waals surface area contributed by atoms with Crippen LogP contribution in [0.25, 0.3) is 0 Å². The molecule has 4 heteroatoms. The summed E-state index contributed by atoms with van der Waals surface area (Å²) in [5.41, 5.74) is 0.989. The Labute approximate surface area is 108 Å². The molecule has 0 aliphatic rings. The minimum Gasteiger partial charge on any atom is -0.327 e. The van der Waals surface area contributed by atoms with E-state index in [0.717, 1.165) is 25.1 Å². The number of pyridine rings is 1. The van der Waals surface area contributed by atoms with Gasteiger partial charge in [0.2, 0.25) is 0 Å². The third-order valence-corrected chi connectivity index (χ3v) is 2.49. The first kappa shape index (κ1) is 14.0. The highest BCUT2D eigenvalue weighted by Gasteiger charge is 2.11. The first-order valence-electron chi connectivity index (χ1n) is 6.14. The number of hydrogen-bond acceptors (Lipinski definition) is 2. The SMILES string of the molecule is C#CCNC(=O)N(CCC)CCc1ccccn1. The van der Waals surface area contributed by atoms with Crippen LogP contribution in [0.2, 0.25) is 0 Å². The Morgan fingerprint density at radius 2 is 2.33 bits per heavy atom. The Kier molecular flexibility index (Phi) is 6.34. The fraction of sp³-hybridized carbons (Fsp3) is 0.429. The van der Waals surface area contributed by atoms with Crippen molar-refractivity contribution in [2.45, 2.75) is 19.8 Å². The summed E-state index contributed by atoms with van der Waals surface area (Å²) in [6.45, 7) is 3.69. The molecule has 2 amide bonds. The van der Waals surface area contributed by atoms with Crippen LogP contribution in [0.3, 0.4) is 0 Å². The Morgan fingerprint density at radius 1 is 1.50 bits per heavy atom. The number of nitrogens with zero attached hydrogens (tertiary/aromatic N) is 2. The maximum absolute atomic E-state index is 11.8. The Balaban J connectivity index is 2.47. The minimum atomic E-state index is -0.106. The maximum Gasteiger partial charge on any atom is 0.318 e. The van der Waals surface area contributed by atoms with Crippen molar-refractivity contribution in [1.82, 2.24) is 15.2 Å². The third kappa shape index (κ3) is 4.88. The summed E-state index contributed by atoms with van der Waals surface area (Å²) in [5, 5.41) is 2.68. The molecule has 0 aromatic carbocycles.